The lowest BCUT2D eigenvalue weighted by atomic mass is 10.0. The zero-order chi connectivity index (χ0) is 16.5. The summed E-state index contributed by atoms with van der Waals surface area (Å²) in [6, 6.07) is 7.10. The third kappa shape index (κ3) is 3.22. The predicted octanol–water partition coefficient (Wildman–Crippen LogP) is 2.50. The van der Waals surface area contributed by atoms with Gasteiger partial charge in [-0.15, -0.1) is 6.42 Å². The van der Waals surface area contributed by atoms with Gasteiger partial charge in [0, 0.05) is 11.5 Å². The Morgan fingerprint density at radius 1 is 1.36 bits per heavy atom. The topological polar surface area (TPSA) is 75.6 Å². The van der Waals surface area contributed by atoms with Crippen LogP contribution in [0.4, 0.5) is 4.79 Å². The summed E-state index contributed by atoms with van der Waals surface area (Å²) < 4.78 is 5.14. The number of terminal acetylenes is 1. The minimum Gasteiger partial charge on any atom is -0.479 e. The fraction of sp³-hybridized carbons (Fsp3) is 0.412. The number of rotatable bonds is 3. The van der Waals surface area contributed by atoms with E-state index in [0.717, 1.165) is 11.1 Å². The number of carbonyl (C=O) groups excluding carboxylic acids is 1. The largest absolute Gasteiger partial charge is 0.479 e. The van der Waals surface area contributed by atoms with Crippen LogP contribution in [-0.2, 0) is 9.53 Å². The van der Waals surface area contributed by atoms with E-state index in [1.54, 1.807) is 45.0 Å². The molecule has 2 unspecified atom stereocenters. The first-order valence-electron chi connectivity index (χ1n) is 6.99. The number of carboxylic acid groups (broad SMARTS) is 1. The third-order valence-electron chi connectivity index (χ3n) is 3.55. The van der Waals surface area contributed by atoms with Crippen molar-refractivity contribution in [3.8, 4) is 12.3 Å². The molecule has 0 aromatic heterocycles. The van der Waals surface area contributed by atoms with Crippen molar-refractivity contribution < 1.29 is 19.4 Å². The van der Waals surface area contributed by atoms with Gasteiger partial charge in [-0.05, 0) is 44.9 Å². The zero-order valence-electron chi connectivity index (χ0n) is 12.8. The van der Waals surface area contributed by atoms with E-state index in [1.165, 1.54) is 0 Å². The average Bonchev–Trinajstić information content (AvgIpc) is 3.12. The molecule has 1 aromatic carbocycles. The third-order valence-corrected chi connectivity index (χ3v) is 3.55. The fourth-order valence-electron chi connectivity index (χ4n) is 2.39. The summed E-state index contributed by atoms with van der Waals surface area (Å²) >= 11 is 0. The molecule has 1 saturated carbocycles. The molecule has 1 amide bonds. The highest BCUT2D eigenvalue weighted by Crippen LogP contribution is 2.51. The second-order valence-electron chi connectivity index (χ2n) is 6.43. The predicted molar refractivity (Wildman–Crippen MR) is 81.5 cm³/mol. The Labute approximate surface area is 129 Å². The Hall–Kier alpha value is -2.48. The molecule has 1 aliphatic carbocycles. The van der Waals surface area contributed by atoms with Crippen molar-refractivity contribution >= 4 is 12.1 Å². The first-order valence-corrected chi connectivity index (χ1v) is 6.99. The maximum atomic E-state index is 11.9. The van der Waals surface area contributed by atoms with Crippen molar-refractivity contribution in [1.29, 1.82) is 0 Å². The minimum absolute atomic E-state index is 0.288. The number of carboxylic acids is 1. The van der Waals surface area contributed by atoms with Crippen LogP contribution in [-0.4, -0.2) is 28.3 Å². The lowest BCUT2D eigenvalue weighted by Crippen LogP contribution is -2.46. The van der Waals surface area contributed by atoms with Crippen molar-refractivity contribution in [3.63, 3.8) is 0 Å². The van der Waals surface area contributed by atoms with Gasteiger partial charge in [0.1, 0.15) is 11.1 Å². The molecule has 0 heterocycles. The zero-order valence-corrected chi connectivity index (χ0v) is 12.8. The van der Waals surface area contributed by atoms with E-state index < -0.39 is 23.2 Å². The van der Waals surface area contributed by atoms with Gasteiger partial charge >= 0.3 is 12.1 Å². The van der Waals surface area contributed by atoms with E-state index in [4.69, 9.17) is 11.2 Å². The van der Waals surface area contributed by atoms with E-state index >= 15 is 0 Å². The Kier molecular flexibility index (Phi) is 3.89. The van der Waals surface area contributed by atoms with Crippen LogP contribution in [0.5, 0.6) is 0 Å². The molecule has 22 heavy (non-hydrogen) atoms. The number of amides is 1. The monoisotopic (exact) mass is 301 g/mol. The molecule has 2 N–H and O–H groups in total. The molecule has 1 fully saturated rings. The first kappa shape index (κ1) is 15.9. The summed E-state index contributed by atoms with van der Waals surface area (Å²) in [5, 5.41) is 12.0. The number of carbonyl (C=O) groups is 2. The standard InChI is InChI=1S/C17H19NO4/c1-5-11-6-8-12(9-7-11)13-10-17(13,14(19)20)18-15(21)22-16(2,3)4/h1,6-9,13H,10H2,2-4H3,(H,18,21)(H,19,20). The van der Waals surface area contributed by atoms with Crippen LogP contribution in [0.1, 0.15) is 44.2 Å². The molecule has 0 radical (unpaired) electrons. The summed E-state index contributed by atoms with van der Waals surface area (Å²) in [6.07, 6.45) is 4.91. The number of hydrogen-bond donors (Lipinski definition) is 2. The van der Waals surface area contributed by atoms with E-state index in [-0.39, 0.29) is 5.92 Å². The van der Waals surface area contributed by atoms with Crippen LogP contribution in [0.15, 0.2) is 24.3 Å². The second kappa shape index (κ2) is 5.38. The summed E-state index contributed by atoms with van der Waals surface area (Å²) in [5.41, 5.74) is -0.425. The van der Waals surface area contributed by atoms with E-state index in [1.807, 2.05) is 0 Å². The van der Waals surface area contributed by atoms with Crippen LogP contribution in [0.2, 0.25) is 0 Å². The molecule has 1 aromatic rings. The molecule has 2 atom stereocenters. The SMILES string of the molecule is C#Cc1ccc(C2CC2(NC(=O)OC(C)(C)C)C(=O)O)cc1. The number of benzene rings is 1. The number of aliphatic carboxylic acids is 1. The maximum absolute atomic E-state index is 11.9. The smallest absolute Gasteiger partial charge is 0.408 e. The Bertz CT molecular complexity index is 636. The van der Waals surface area contributed by atoms with Gasteiger partial charge in [-0.3, -0.25) is 0 Å². The second-order valence-corrected chi connectivity index (χ2v) is 6.43. The molecule has 2 rings (SSSR count). The summed E-state index contributed by atoms with van der Waals surface area (Å²) in [5.74, 6) is 1.16. The van der Waals surface area contributed by atoms with Crippen molar-refractivity contribution in [2.45, 2.75) is 44.2 Å². The van der Waals surface area contributed by atoms with Crippen LogP contribution < -0.4 is 5.32 Å². The van der Waals surface area contributed by atoms with Crippen LogP contribution >= 0.6 is 0 Å². The van der Waals surface area contributed by atoms with Gasteiger partial charge in [0.2, 0.25) is 0 Å². The Balaban J connectivity index is 2.14. The summed E-state index contributed by atoms with van der Waals surface area (Å²) in [7, 11) is 0. The quantitative estimate of drug-likeness (QED) is 0.841. The summed E-state index contributed by atoms with van der Waals surface area (Å²) in [4.78, 5) is 23.5. The van der Waals surface area contributed by atoms with Crippen LogP contribution in [0.3, 0.4) is 0 Å². The number of alkyl carbamates (subject to hydrolysis) is 1. The lowest BCUT2D eigenvalue weighted by Gasteiger charge is -2.22. The first-order chi connectivity index (χ1) is 10.2. The van der Waals surface area contributed by atoms with Gasteiger partial charge in [0.05, 0.1) is 0 Å². The van der Waals surface area contributed by atoms with Gasteiger partial charge in [0.25, 0.3) is 0 Å². The number of ether oxygens (including phenoxy) is 1. The van der Waals surface area contributed by atoms with Crippen LogP contribution in [0.25, 0.3) is 0 Å². The molecular formula is C17H19NO4. The van der Waals surface area contributed by atoms with Crippen LogP contribution in [0, 0.1) is 12.3 Å². The van der Waals surface area contributed by atoms with Gasteiger partial charge in [0.15, 0.2) is 0 Å². The van der Waals surface area contributed by atoms with Gasteiger partial charge in [-0.1, -0.05) is 18.1 Å². The Morgan fingerprint density at radius 3 is 2.41 bits per heavy atom. The van der Waals surface area contributed by atoms with Gasteiger partial charge in [-0.25, -0.2) is 9.59 Å². The lowest BCUT2D eigenvalue weighted by molar-refractivity contribution is -0.140. The number of nitrogens with one attached hydrogen (secondary N) is 1. The molecule has 5 heteroatoms. The average molecular weight is 301 g/mol. The van der Waals surface area contributed by atoms with E-state index in [0.29, 0.717) is 6.42 Å². The van der Waals surface area contributed by atoms with Gasteiger partial charge < -0.3 is 15.2 Å². The Morgan fingerprint density at radius 2 is 1.95 bits per heavy atom. The maximum Gasteiger partial charge on any atom is 0.408 e. The molecule has 0 spiro atoms. The molecule has 1 aliphatic rings. The molecule has 0 saturated heterocycles. The molecule has 5 nitrogen and oxygen atoms in total. The van der Waals surface area contributed by atoms with Crippen molar-refractivity contribution in [1.82, 2.24) is 5.32 Å². The van der Waals surface area contributed by atoms with Gasteiger partial charge in [-0.2, -0.15) is 0 Å². The van der Waals surface area contributed by atoms with Crippen molar-refractivity contribution in [2.75, 3.05) is 0 Å². The minimum atomic E-state index is -1.31. The summed E-state index contributed by atoms with van der Waals surface area (Å²) in [6.45, 7) is 5.18. The van der Waals surface area contributed by atoms with E-state index in [9.17, 15) is 14.7 Å². The molecule has 116 valence electrons. The molecule has 0 bridgehead atoms. The van der Waals surface area contributed by atoms with E-state index in [2.05, 4.69) is 11.2 Å². The molecule has 0 aliphatic heterocycles. The normalized spacial score (nSPS) is 23.3. The van der Waals surface area contributed by atoms with Crippen molar-refractivity contribution in [3.05, 3.63) is 35.4 Å². The van der Waals surface area contributed by atoms with Crippen molar-refractivity contribution in [2.24, 2.45) is 0 Å². The fourth-order valence-corrected chi connectivity index (χ4v) is 2.39. The highest BCUT2D eigenvalue weighted by Gasteiger charge is 2.62. The number of hydrogen-bond acceptors (Lipinski definition) is 3. The molecular weight excluding hydrogens is 282 g/mol. The highest BCUT2D eigenvalue weighted by molar-refractivity contribution is 5.90. The highest BCUT2D eigenvalue weighted by atomic mass is 16.6.